The highest BCUT2D eigenvalue weighted by Gasteiger charge is 2.13. The maximum Gasteiger partial charge on any atom is 0.222 e. The van der Waals surface area contributed by atoms with Gasteiger partial charge < -0.3 is 25.8 Å². The largest absolute Gasteiger partial charge is 0.493 e. The fraction of sp³-hybridized carbons (Fsp3) is 0.412. The van der Waals surface area contributed by atoms with Crippen LogP contribution in [0.3, 0.4) is 0 Å². The molecule has 0 unspecified atom stereocenters. The van der Waals surface area contributed by atoms with Gasteiger partial charge in [0.25, 0.3) is 0 Å². The van der Waals surface area contributed by atoms with E-state index in [4.69, 9.17) is 15.2 Å². The molecule has 0 spiro atoms. The van der Waals surface area contributed by atoms with Crippen LogP contribution in [0.5, 0.6) is 11.5 Å². The molecule has 0 bridgehead atoms. The number of nitrogens with zero attached hydrogens (tertiary/aromatic N) is 3. The smallest absolute Gasteiger partial charge is 0.222 e. The Morgan fingerprint density at radius 3 is 2.72 bits per heavy atom. The van der Waals surface area contributed by atoms with Crippen LogP contribution in [0.4, 0.5) is 11.8 Å². The van der Waals surface area contributed by atoms with Crippen molar-refractivity contribution in [2.75, 3.05) is 58.1 Å². The van der Waals surface area contributed by atoms with E-state index in [-0.39, 0.29) is 5.95 Å². The molecule has 0 aliphatic carbocycles. The number of nitrogens with one attached hydrogen (secondary N) is 2. The number of anilines is 2. The topological polar surface area (TPSA) is 97.6 Å². The normalized spacial score (nSPS) is 15.0. The van der Waals surface area contributed by atoms with Gasteiger partial charge in [-0.2, -0.15) is 4.98 Å². The molecule has 2 aromatic rings. The maximum atomic E-state index is 5.93. The Morgan fingerprint density at radius 1 is 1.20 bits per heavy atom. The van der Waals surface area contributed by atoms with Gasteiger partial charge in [-0.05, 0) is 18.2 Å². The van der Waals surface area contributed by atoms with Gasteiger partial charge in [0.15, 0.2) is 11.5 Å². The molecule has 0 atom stereocenters. The van der Waals surface area contributed by atoms with Gasteiger partial charge in [0.1, 0.15) is 12.5 Å². The molecule has 1 aromatic carbocycles. The van der Waals surface area contributed by atoms with Crippen LogP contribution in [0.25, 0.3) is 11.3 Å². The Hall–Kier alpha value is -2.58. The van der Waals surface area contributed by atoms with E-state index in [1.54, 1.807) is 14.2 Å². The molecule has 1 fully saturated rings. The van der Waals surface area contributed by atoms with Crippen molar-refractivity contribution in [1.29, 1.82) is 0 Å². The lowest BCUT2D eigenvalue weighted by Gasteiger charge is -2.27. The first kappa shape index (κ1) is 17.2. The molecule has 1 aliphatic heterocycles. The van der Waals surface area contributed by atoms with Crippen molar-refractivity contribution >= 4 is 11.8 Å². The molecule has 0 radical (unpaired) electrons. The number of rotatable bonds is 6. The van der Waals surface area contributed by atoms with Crippen LogP contribution >= 0.6 is 0 Å². The number of hydrogen-bond acceptors (Lipinski definition) is 8. The second-order valence-corrected chi connectivity index (χ2v) is 5.75. The zero-order valence-corrected chi connectivity index (χ0v) is 14.6. The van der Waals surface area contributed by atoms with Crippen LogP contribution in [0.15, 0.2) is 24.3 Å². The summed E-state index contributed by atoms with van der Waals surface area (Å²) in [7, 11) is 3.42. The molecular weight excluding hydrogens is 320 g/mol. The van der Waals surface area contributed by atoms with Gasteiger partial charge in [0.2, 0.25) is 5.95 Å². The lowest BCUT2D eigenvalue weighted by molar-refractivity contribution is 0.110. The van der Waals surface area contributed by atoms with E-state index in [1.807, 2.05) is 24.3 Å². The monoisotopic (exact) mass is 344 g/mol. The molecular formula is C17H24N6O2. The number of benzene rings is 1. The Balaban J connectivity index is 1.78. The van der Waals surface area contributed by atoms with Gasteiger partial charge >= 0.3 is 0 Å². The van der Waals surface area contributed by atoms with E-state index < -0.39 is 0 Å². The number of aromatic nitrogens is 2. The molecule has 25 heavy (non-hydrogen) atoms. The Morgan fingerprint density at radius 2 is 2.00 bits per heavy atom. The minimum Gasteiger partial charge on any atom is -0.493 e. The number of ether oxygens (including phenoxy) is 2. The van der Waals surface area contributed by atoms with Crippen molar-refractivity contribution in [1.82, 2.24) is 20.2 Å². The Labute approximate surface area is 147 Å². The highest BCUT2D eigenvalue weighted by Crippen LogP contribution is 2.32. The number of nitrogen functional groups attached to an aromatic ring is 1. The number of methoxy groups -OCH3 is 1. The molecule has 0 saturated carbocycles. The SMILES string of the molecule is CNc1cc(-c2ccc(OCN3CCNCC3)c(OC)c2)nc(N)n1. The third-order valence-electron chi connectivity index (χ3n) is 4.07. The van der Waals surface area contributed by atoms with Crippen LogP contribution < -0.4 is 25.8 Å². The predicted molar refractivity (Wildman–Crippen MR) is 97.9 cm³/mol. The molecule has 1 aromatic heterocycles. The van der Waals surface area contributed by atoms with Gasteiger partial charge in [-0.3, -0.25) is 4.90 Å². The lowest BCUT2D eigenvalue weighted by Crippen LogP contribution is -2.44. The predicted octanol–water partition coefficient (Wildman–Crippen LogP) is 1.02. The highest BCUT2D eigenvalue weighted by molar-refractivity contribution is 5.67. The van der Waals surface area contributed by atoms with Crippen LogP contribution in [-0.2, 0) is 0 Å². The minimum absolute atomic E-state index is 0.222. The van der Waals surface area contributed by atoms with Gasteiger partial charge in [0.05, 0.1) is 12.8 Å². The molecule has 8 nitrogen and oxygen atoms in total. The van der Waals surface area contributed by atoms with Crippen molar-refractivity contribution in [2.24, 2.45) is 0 Å². The minimum atomic E-state index is 0.222. The first-order chi connectivity index (χ1) is 12.2. The van der Waals surface area contributed by atoms with Crippen LogP contribution in [0.1, 0.15) is 0 Å². The molecule has 2 heterocycles. The summed E-state index contributed by atoms with van der Waals surface area (Å²) < 4.78 is 11.4. The first-order valence-corrected chi connectivity index (χ1v) is 8.26. The fourth-order valence-corrected chi connectivity index (χ4v) is 2.69. The Kier molecular flexibility index (Phi) is 5.52. The molecule has 8 heteroatoms. The Bertz CT molecular complexity index is 718. The third-order valence-corrected chi connectivity index (χ3v) is 4.07. The molecule has 3 rings (SSSR count). The molecule has 134 valence electrons. The van der Waals surface area contributed by atoms with Gasteiger partial charge in [0, 0.05) is 44.9 Å². The van der Waals surface area contributed by atoms with Crippen molar-refractivity contribution in [3.8, 4) is 22.8 Å². The lowest BCUT2D eigenvalue weighted by atomic mass is 10.1. The molecule has 0 amide bonds. The first-order valence-electron chi connectivity index (χ1n) is 8.26. The second kappa shape index (κ2) is 8.00. The maximum absolute atomic E-state index is 5.93. The van der Waals surface area contributed by atoms with E-state index in [2.05, 4.69) is 25.5 Å². The van der Waals surface area contributed by atoms with E-state index in [0.29, 0.717) is 24.0 Å². The average molecular weight is 344 g/mol. The summed E-state index contributed by atoms with van der Waals surface area (Å²) in [6.45, 7) is 4.48. The summed E-state index contributed by atoms with van der Waals surface area (Å²) in [6.07, 6.45) is 0. The number of piperazine rings is 1. The summed E-state index contributed by atoms with van der Waals surface area (Å²) >= 11 is 0. The quantitative estimate of drug-likeness (QED) is 0.714. The fourth-order valence-electron chi connectivity index (χ4n) is 2.69. The number of nitrogens with two attached hydrogens (primary N) is 1. The molecule has 4 N–H and O–H groups in total. The van der Waals surface area contributed by atoms with Crippen LogP contribution in [0, 0.1) is 0 Å². The summed E-state index contributed by atoms with van der Waals surface area (Å²) in [5, 5.41) is 6.30. The standard InChI is InChI=1S/C17H24N6O2/c1-19-16-10-13(21-17(18)22-16)12-3-4-14(15(9-12)24-2)25-11-23-7-5-20-6-8-23/h3-4,9-10,20H,5-8,11H2,1-2H3,(H3,18,19,21,22). The van der Waals surface area contributed by atoms with Crippen molar-refractivity contribution in [3.63, 3.8) is 0 Å². The zero-order chi connectivity index (χ0) is 17.6. The van der Waals surface area contributed by atoms with E-state index in [9.17, 15) is 0 Å². The van der Waals surface area contributed by atoms with Gasteiger partial charge in [-0.25, -0.2) is 4.98 Å². The van der Waals surface area contributed by atoms with Crippen LogP contribution in [0.2, 0.25) is 0 Å². The van der Waals surface area contributed by atoms with Crippen molar-refractivity contribution in [3.05, 3.63) is 24.3 Å². The highest BCUT2D eigenvalue weighted by atomic mass is 16.5. The van der Waals surface area contributed by atoms with E-state index >= 15 is 0 Å². The third kappa shape index (κ3) is 4.28. The van der Waals surface area contributed by atoms with Gasteiger partial charge in [-0.1, -0.05) is 0 Å². The second-order valence-electron chi connectivity index (χ2n) is 5.75. The van der Waals surface area contributed by atoms with Crippen LogP contribution in [-0.4, -0.2) is 61.9 Å². The summed E-state index contributed by atoms with van der Waals surface area (Å²) in [5.41, 5.74) is 7.39. The average Bonchev–Trinajstić information content (AvgIpc) is 2.66. The summed E-state index contributed by atoms with van der Waals surface area (Å²) in [4.78, 5) is 10.7. The number of hydrogen-bond donors (Lipinski definition) is 3. The molecule has 1 aliphatic rings. The molecule has 1 saturated heterocycles. The van der Waals surface area contributed by atoms with Crippen molar-refractivity contribution < 1.29 is 9.47 Å². The zero-order valence-electron chi connectivity index (χ0n) is 14.6. The summed E-state index contributed by atoms with van der Waals surface area (Å²) in [5.74, 6) is 2.26. The van der Waals surface area contributed by atoms with E-state index in [1.165, 1.54) is 0 Å². The van der Waals surface area contributed by atoms with Crippen molar-refractivity contribution in [2.45, 2.75) is 0 Å². The van der Waals surface area contributed by atoms with E-state index in [0.717, 1.165) is 37.4 Å². The van der Waals surface area contributed by atoms with Gasteiger partial charge in [-0.15, -0.1) is 0 Å². The summed E-state index contributed by atoms with van der Waals surface area (Å²) in [6, 6.07) is 7.57.